The van der Waals surface area contributed by atoms with Crippen LogP contribution in [-0.4, -0.2) is 62.1 Å². The van der Waals surface area contributed by atoms with E-state index in [1.54, 1.807) is 30.3 Å². The van der Waals surface area contributed by atoms with E-state index >= 15 is 0 Å². The van der Waals surface area contributed by atoms with Gasteiger partial charge in [0.1, 0.15) is 11.8 Å². The van der Waals surface area contributed by atoms with Crippen LogP contribution in [0.5, 0.6) is 5.75 Å². The van der Waals surface area contributed by atoms with Gasteiger partial charge in [-0.2, -0.15) is 3.97 Å². The number of methoxy groups -OCH3 is 1. The third kappa shape index (κ3) is 6.03. The highest BCUT2D eigenvalue weighted by Crippen LogP contribution is 2.28. The maximum absolute atomic E-state index is 14.0. The summed E-state index contributed by atoms with van der Waals surface area (Å²) in [5, 5.41) is 3.23. The predicted octanol–water partition coefficient (Wildman–Crippen LogP) is 3.75. The Morgan fingerprint density at radius 1 is 1.00 bits per heavy atom. The van der Waals surface area contributed by atoms with Crippen LogP contribution in [0.1, 0.15) is 24.4 Å². The van der Waals surface area contributed by atoms with E-state index < -0.39 is 27.7 Å². The molecule has 0 aliphatic rings. The summed E-state index contributed by atoms with van der Waals surface area (Å²) in [7, 11) is 1.10. The fourth-order valence-electron chi connectivity index (χ4n) is 4.41. The first-order valence-electron chi connectivity index (χ1n) is 12.4. The van der Waals surface area contributed by atoms with Crippen LogP contribution in [0.3, 0.4) is 0 Å². The largest absolute Gasteiger partial charge is 0.497 e. The van der Waals surface area contributed by atoms with Gasteiger partial charge >= 0.3 is 5.69 Å². The summed E-state index contributed by atoms with van der Waals surface area (Å²) in [4.78, 5) is 29.6. The number of imidazole rings is 1. The lowest BCUT2D eigenvalue weighted by Crippen LogP contribution is -2.39. The molecule has 1 unspecified atom stereocenters. The van der Waals surface area contributed by atoms with Crippen LogP contribution in [0.4, 0.5) is 0 Å². The molecule has 0 radical (unpaired) electrons. The number of carbonyl (C=O) groups is 1. The lowest BCUT2D eigenvalue weighted by atomic mass is 10.1. The lowest BCUT2D eigenvalue weighted by Gasteiger charge is -2.19. The molecule has 0 aliphatic heterocycles. The molecule has 0 spiro atoms. The van der Waals surface area contributed by atoms with E-state index in [-0.39, 0.29) is 15.9 Å². The molecular formula is C28H31ClN4O5S. The summed E-state index contributed by atoms with van der Waals surface area (Å²) >= 11 is 6.30. The number of nitrogens with one attached hydrogen (secondary N) is 1. The van der Waals surface area contributed by atoms with Crippen molar-refractivity contribution in [3.63, 3.8) is 0 Å². The van der Waals surface area contributed by atoms with Crippen molar-refractivity contribution in [2.24, 2.45) is 0 Å². The Morgan fingerprint density at radius 3 is 2.33 bits per heavy atom. The van der Waals surface area contributed by atoms with Crippen LogP contribution >= 0.6 is 11.6 Å². The Labute approximate surface area is 232 Å². The molecule has 0 aliphatic carbocycles. The van der Waals surface area contributed by atoms with Crippen molar-refractivity contribution < 1.29 is 17.9 Å². The molecule has 0 bridgehead atoms. The predicted molar refractivity (Wildman–Crippen MR) is 152 cm³/mol. The van der Waals surface area contributed by atoms with Crippen LogP contribution in [0.15, 0.2) is 82.5 Å². The number of halogens is 1. The molecule has 206 valence electrons. The van der Waals surface area contributed by atoms with E-state index in [0.717, 1.165) is 23.4 Å². The fourth-order valence-corrected chi connectivity index (χ4v) is 5.98. The van der Waals surface area contributed by atoms with Gasteiger partial charge in [-0.25, -0.2) is 13.2 Å². The first kappa shape index (κ1) is 28.4. The van der Waals surface area contributed by atoms with Gasteiger partial charge in [-0.3, -0.25) is 9.36 Å². The summed E-state index contributed by atoms with van der Waals surface area (Å²) in [5.41, 5.74) is -0.00733. The number of fused-ring (bicyclic) bond motifs is 1. The average molecular weight is 571 g/mol. The quantitative estimate of drug-likeness (QED) is 0.276. The van der Waals surface area contributed by atoms with E-state index in [1.165, 1.54) is 54.1 Å². The number of aromatic nitrogens is 2. The van der Waals surface area contributed by atoms with Gasteiger partial charge in [0.25, 0.3) is 10.0 Å². The van der Waals surface area contributed by atoms with E-state index in [2.05, 4.69) is 10.2 Å². The van der Waals surface area contributed by atoms with Gasteiger partial charge in [-0.1, -0.05) is 41.9 Å². The van der Waals surface area contributed by atoms with E-state index in [0.29, 0.717) is 22.9 Å². The molecule has 9 nitrogen and oxygen atoms in total. The number of amides is 1. The van der Waals surface area contributed by atoms with Gasteiger partial charge in [0.15, 0.2) is 0 Å². The van der Waals surface area contributed by atoms with E-state index in [9.17, 15) is 18.0 Å². The Bertz CT molecular complexity index is 1610. The van der Waals surface area contributed by atoms with Crippen molar-refractivity contribution in [1.29, 1.82) is 0 Å². The fraction of sp³-hybridized carbons (Fsp3) is 0.286. The summed E-state index contributed by atoms with van der Waals surface area (Å²) in [6, 6.07) is 17.9. The third-order valence-corrected chi connectivity index (χ3v) is 8.28. The van der Waals surface area contributed by atoms with Gasteiger partial charge in [-0.15, -0.1) is 0 Å². The topological polar surface area (TPSA) is 103 Å². The Balaban J connectivity index is 1.86. The van der Waals surface area contributed by atoms with Crippen molar-refractivity contribution >= 4 is 38.6 Å². The first-order chi connectivity index (χ1) is 18.6. The lowest BCUT2D eigenvalue weighted by molar-refractivity contribution is -0.123. The number of unbranched alkanes of at least 4 members (excludes halogenated alkanes) is 1. The number of hydrogen-bond donors (Lipinski definition) is 1. The summed E-state index contributed by atoms with van der Waals surface area (Å²) < 4.78 is 34.6. The second-order valence-electron chi connectivity index (χ2n) is 9.35. The van der Waals surface area contributed by atoms with E-state index in [1.807, 2.05) is 14.1 Å². The number of ether oxygens (including phenoxy) is 1. The van der Waals surface area contributed by atoms with Crippen molar-refractivity contribution in [3.8, 4) is 5.75 Å². The molecule has 0 fully saturated rings. The zero-order valence-electron chi connectivity index (χ0n) is 22.0. The minimum atomic E-state index is -4.34. The standard InChI is InChI=1S/C28H31ClN4O5S/c1-31(2)18-8-7-17-30-27(34)26(20-9-5-4-6-10-20)32-25-19-21(29)11-16-24(25)33(28(32)35)39(36,37)23-14-12-22(38-3)13-15-23/h4-6,9-16,19,26H,7-8,17-18H2,1-3H3,(H,30,34). The average Bonchev–Trinajstić information content (AvgIpc) is 3.20. The third-order valence-electron chi connectivity index (χ3n) is 6.35. The monoisotopic (exact) mass is 570 g/mol. The second kappa shape index (κ2) is 12.1. The van der Waals surface area contributed by atoms with Crippen LogP contribution in [-0.2, 0) is 14.8 Å². The zero-order chi connectivity index (χ0) is 28.2. The number of benzene rings is 3. The highest BCUT2D eigenvalue weighted by Gasteiger charge is 2.32. The molecule has 1 atom stereocenters. The van der Waals surface area contributed by atoms with Crippen molar-refractivity contribution in [3.05, 3.63) is 93.9 Å². The molecule has 4 rings (SSSR count). The van der Waals surface area contributed by atoms with Crippen molar-refractivity contribution in [1.82, 2.24) is 18.8 Å². The smallest absolute Gasteiger partial charge is 0.344 e. The molecule has 1 amide bonds. The summed E-state index contributed by atoms with van der Waals surface area (Å²) in [5.74, 6) is 0.0518. The minimum Gasteiger partial charge on any atom is -0.497 e. The molecule has 11 heteroatoms. The molecule has 1 aromatic heterocycles. The van der Waals surface area contributed by atoms with Crippen LogP contribution < -0.4 is 15.7 Å². The summed E-state index contributed by atoms with van der Waals surface area (Å²) in [6.07, 6.45) is 1.64. The van der Waals surface area contributed by atoms with E-state index in [4.69, 9.17) is 16.3 Å². The zero-order valence-corrected chi connectivity index (χ0v) is 23.6. The van der Waals surface area contributed by atoms with Gasteiger partial charge < -0.3 is 15.0 Å². The maximum Gasteiger partial charge on any atom is 0.344 e. The molecule has 0 saturated carbocycles. The minimum absolute atomic E-state index is 0.0963. The molecule has 4 aromatic rings. The molecular weight excluding hydrogens is 540 g/mol. The molecule has 3 aromatic carbocycles. The van der Waals surface area contributed by atoms with Crippen molar-refractivity contribution in [2.75, 3.05) is 34.3 Å². The van der Waals surface area contributed by atoms with Gasteiger partial charge in [0.05, 0.1) is 23.0 Å². The molecule has 39 heavy (non-hydrogen) atoms. The van der Waals surface area contributed by atoms with Crippen LogP contribution in [0.25, 0.3) is 11.0 Å². The highest BCUT2D eigenvalue weighted by molar-refractivity contribution is 7.90. The van der Waals surface area contributed by atoms with Gasteiger partial charge in [0, 0.05) is 11.6 Å². The SMILES string of the molecule is COc1ccc(S(=O)(=O)n2c(=O)n(C(C(=O)NCCCCN(C)C)c3ccccc3)c3cc(Cl)ccc32)cc1. The number of carbonyl (C=O) groups excluding carboxylic acids is 1. The first-order valence-corrected chi connectivity index (χ1v) is 14.3. The number of rotatable bonds is 11. The number of hydrogen-bond acceptors (Lipinski definition) is 6. The highest BCUT2D eigenvalue weighted by atomic mass is 35.5. The number of nitrogens with zero attached hydrogens (tertiary/aromatic N) is 3. The normalized spacial score (nSPS) is 12.5. The summed E-state index contributed by atoms with van der Waals surface area (Å²) in [6.45, 7) is 1.29. The molecule has 1 heterocycles. The van der Waals surface area contributed by atoms with Crippen molar-refractivity contribution in [2.45, 2.75) is 23.8 Å². The van der Waals surface area contributed by atoms with Crippen LogP contribution in [0, 0.1) is 0 Å². The Kier molecular flexibility index (Phi) is 8.79. The Morgan fingerprint density at radius 2 is 1.69 bits per heavy atom. The van der Waals surface area contributed by atoms with Gasteiger partial charge in [-0.05, 0) is 81.5 Å². The second-order valence-corrected chi connectivity index (χ2v) is 11.6. The molecule has 1 N–H and O–H groups in total. The van der Waals surface area contributed by atoms with Crippen LogP contribution in [0.2, 0.25) is 5.02 Å². The van der Waals surface area contributed by atoms with Gasteiger partial charge in [0.2, 0.25) is 5.91 Å². The Hall–Kier alpha value is -3.60. The molecule has 0 saturated heterocycles. The maximum atomic E-state index is 14.0.